The van der Waals surface area contributed by atoms with Crippen LogP contribution in [-0.4, -0.2) is 86.2 Å². The van der Waals surface area contributed by atoms with Crippen LogP contribution in [0, 0.1) is 20.8 Å². The first-order chi connectivity index (χ1) is 33.4. The SMILES string of the molecule is COC(=O)C(CNC(=O)C1CC(=O)c2ccc(CNc3nccn3C(c3ccccc3)(c3ccccc3)c3ccccc3)cc2N1CCCNC(=O)OC(C)(C)C)NS(=O)(=O)c1c(C)cc(C)cc1C. The van der Waals surface area contributed by atoms with Gasteiger partial charge >= 0.3 is 12.1 Å². The molecule has 70 heavy (non-hydrogen) atoms. The maximum absolute atomic E-state index is 14.4. The fraction of sp³-hybridized carbons (Fsp3) is 0.315. The summed E-state index contributed by atoms with van der Waals surface area (Å²) >= 11 is 0. The number of hydrogen-bond acceptors (Lipinski definition) is 11. The third-order valence-electron chi connectivity index (χ3n) is 12.1. The Balaban J connectivity index is 1.18. The van der Waals surface area contributed by atoms with Crippen LogP contribution in [0.1, 0.15) is 82.9 Å². The van der Waals surface area contributed by atoms with Gasteiger partial charge in [0.2, 0.25) is 21.9 Å². The van der Waals surface area contributed by atoms with Gasteiger partial charge in [0.05, 0.1) is 12.0 Å². The molecule has 7 rings (SSSR count). The van der Waals surface area contributed by atoms with Gasteiger partial charge in [-0.2, -0.15) is 4.72 Å². The monoisotopic (exact) mass is 967 g/mol. The molecular formula is C54H61N7O8S. The minimum absolute atomic E-state index is 0.0242. The highest BCUT2D eigenvalue weighted by molar-refractivity contribution is 7.89. The Morgan fingerprint density at radius 2 is 1.40 bits per heavy atom. The minimum Gasteiger partial charge on any atom is -0.468 e. The first-order valence-electron chi connectivity index (χ1n) is 23.2. The number of amides is 2. The second-order valence-electron chi connectivity index (χ2n) is 18.4. The lowest BCUT2D eigenvalue weighted by atomic mass is 9.76. The van der Waals surface area contributed by atoms with Gasteiger partial charge in [-0.1, -0.05) is 115 Å². The molecular weight excluding hydrogens is 907 g/mol. The highest BCUT2D eigenvalue weighted by Crippen LogP contribution is 2.42. The number of aromatic nitrogens is 2. The Labute approximate surface area is 410 Å². The standard InChI is InChI=1S/C54H61N7O8S/c1-36-30-37(2)48(38(3)31-36)70(66,67)59-44(50(64)68-7)35-57-49(63)46-33-47(62)43-25-24-39(32-45(43)60(46)28-17-26-56-52(65)69-53(4,5)6)34-58-51-55-27-29-61(51)54(40-18-11-8-12-19-40,41-20-13-9-14-21-41)42-22-15-10-16-23-42/h8-16,18-25,27,29-32,44,46,59H,17,26,28,33-35H2,1-7H3,(H,55,58)(H,56,65)(H,57,63). The molecule has 0 aliphatic carbocycles. The van der Waals surface area contributed by atoms with Crippen LogP contribution in [-0.2, 0) is 41.2 Å². The van der Waals surface area contributed by atoms with Crippen LogP contribution in [0.4, 0.5) is 16.4 Å². The van der Waals surface area contributed by atoms with Gasteiger partial charge in [0.25, 0.3) is 0 Å². The predicted molar refractivity (Wildman–Crippen MR) is 269 cm³/mol. The first-order valence-corrected chi connectivity index (χ1v) is 24.7. The van der Waals surface area contributed by atoms with Crippen LogP contribution in [0.25, 0.3) is 0 Å². The summed E-state index contributed by atoms with van der Waals surface area (Å²) in [5, 5.41) is 9.08. The fourth-order valence-corrected chi connectivity index (χ4v) is 10.9. The van der Waals surface area contributed by atoms with E-state index < -0.39 is 57.8 Å². The molecule has 1 aromatic heterocycles. The molecule has 2 unspecified atom stereocenters. The topological polar surface area (TPSA) is 190 Å². The summed E-state index contributed by atoms with van der Waals surface area (Å²) in [7, 11) is -3.13. The van der Waals surface area contributed by atoms with Crippen molar-refractivity contribution in [2.24, 2.45) is 0 Å². The number of methoxy groups -OCH3 is 1. The molecule has 366 valence electrons. The second-order valence-corrected chi connectivity index (χ2v) is 20.1. The van der Waals surface area contributed by atoms with E-state index in [0.29, 0.717) is 34.7 Å². The third kappa shape index (κ3) is 11.2. The molecule has 6 aromatic rings. The maximum atomic E-state index is 14.4. The van der Waals surface area contributed by atoms with Crippen LogP contribution in [0.15, 0.2) is 139 Å². The number of carbonyl (C=O) groups excluding carboxylic acids is 4. The average molecular weight is 968 g/mol. The molecule has 0 radical (unpaired) electrons. The molecule has 4 N–H and O–H groups in total. The Morgan fingerprint density at radius 1 is 0.814 bits per heavy atom. The van der Waals surface area contributed by atoms with Crippen molar-refractivity contribution in [2.75, 3.05) is 37.0 Å². The van der Waals surface area contributed by atoms with Crippen LogP contribution < -0.4 is 25.6 Å². The molecule has 0 saturated heterocycles. The highest BCUT2D eigenvalue weighted by atomic mass is 32.2. The van der Waals surface area contributed by atoms with Gasteiger partial charge in [-0.15, -0.1) is 0 Å². The molecule has 2 heterocycles. The Kier molecular flexibility index (Phi) is 15.6. The van der Waals surface area contributed by atoms with E-state index in [4.69, 9.17) is 14.5 Å². The molecule has 1 aliphatic heterocycles. The number of Topliss-reactive ketones (excluding diaryl/α,β-unsaturated/α-hetero) is 1. The largest absolute Gasteiger partial charge is 0.468 e. The van der Waals surface area contributed by atoms with E-state index in [1.165, 1.54) is 0 Å². The number of nitrogens with zero attached hydrogens (tertiary/aromatic N) is 3. The summed E-state index contributed by atoms with van der Waals surface area (Å²) in [5.74, 6) is -1.22. The zero-order valence-electron chi connectivity index (χ0n) is 40.6. The first kappa shape index (κ1) is 50.6. The Hall–Kier alpha value is -7.30. The zero-order valence-corrected chi connectivity index (χ0v) is 41.4. The summed E-state index contributed by atoms with van der Waals surface area (Å²) in [4.78, 5) is 60.7. The number of benzene rings is 5. The summed E-state index contributed by atoms with van der Waals surface area (Å²) < 4.78 is 42.5. The van der Waals surface area contributed by atoms with Crippen LogP contribution in [0.2, 0.25) is 0 Å². The third-order valence-corrected chi connectivity index (χ3v) is 13.9. The van der Waals surface area contributed by atoms with Crippen LogP contribution in [0.3, 0.4) is 0 Å². The zero-order chi connectivity index (χ0) is 50.2. The molecule has 16 heteroatoms. The quantitative estimate of drug-likeness (QED) is 0.0378. The van der Waals surface area contributed by atoms with Crippen molar-refractivity contribution in [1.82, 2.24) is 24.9 Å². The van der Waals surface area contributed by atoms with Gasteiger partial charge in [-0.3, -0.25) is 19.0 Å². The summed E-state index contributed by atoms with van der Waals surface area (Å²) in [6, 6.07) is 37.1. The molecule has 5 aromatic carbocycles. The van der Waals surface area contributed by atoms with Crippen LogP contribution in [0.5, 0.6) is 0 Å². The van der Waals surface area contributed by atoms with Gasteiger partial charge in [0.15, 0.2) is 5.78 Å². The number of fused-ring (bicyclic) bond motifs is 1. The van der Waals surface area contributed by atoms with Gasteiger partial charge in [0.1, 0.15) is 23.2 Å². The number of ketones is 1. The lowest BCUT2D eigenvalue weighted by Crippen LogP contribution is -2.55. The number of carbonyl (C=O) groups is 4. The number of alkyl carbamates (subject to hydrolysis) is 1. The van der Waals surface area contributed by atoms with E-state index in [2.05, 4.69) is 61.6 Å². The number of hydrogen-bond donors (Lipinski definition) is 4. The number of sulfonamides is 1. The normalized spacial score (nSPS) is 14.3. The number of imidazole rings is 1. The Morgan fingerprint density at radius 3 is 1.96 bits per heavy atom. The molecule has 0 saturated carbocycles. The molecule has 15 nitrogen and oxygen atoms in total. The molecule has 0 fully saturated rings. The number of rotatable bonds is 18. The lowest BCUT2D eigenvalue weighted by molar-refractivity contribution is -0.142. The number of nitrogens with one attached hydrogen (secondary N) is 4. The number of esters is 1. The molecule has 1 aliphatic rings. The fourth-order valence-electron chi connectivity index (χ4n) is 9.30. The number of anilines is 2. The van der Waals surface area contributed by atoms with Crippen molar-refractivity contribution < 1.29 is 37.1 Å². The second kappa shape index (κ2) is 21.6. The number of aryl methyl sites for hydroxylation is 3. The average Bonchev–Trinajstić information content (AvgIpc) is 3.80. The van der Waals surface area contributed by atoms with Crippen molar-refractivity contribution in [1.29, 1.82) is 0 Å². The molecule has 0 bridgehead atoms. The summed E-state index contributed by atoms with van der Waals surface area (Å²) in [6.07, 6.45) is 3.28. The van der Waals surface area contributed by atoms with E-state index in [-0.39, 0.29) is 36.7 Å². The summed E-state index contributed by atoms with van der Waals surface area (Å²) in [5.41, 5.74) is 5.08. The van der Waals surface area contributed by atoms with Crippen molar-refractivity contribution in [3.63, 3.8) is 0 Å². The maximum Gasteiger partial charge on any atom is 0.407 e. The Bertz CT molecular complexity index is 2820. The molecule has 2 atom stereocenters. The minimum atomic E-state index is -4.26. The van der Waals surface area contributed by atoms with E-state index in [9.17, 15) is 27.6 Å². The van der Waals surface area contributed by atoms with E-state index in [1.807, 2.05) is 84.8 Å². The van der Waals surface area contributed by atoms with E-state index in [1.54, 1.807) is 59.0 Å². The van der Waals surface area contributed by atoms with Gasteiger partial charge in [-0.25, -0.2) is 18.2 Å². The van der Waals surface area contributed by atoms with Crippen molar-refractivity contribution >= 4 is 45.4 Å². The predicted octanol–water partition coefficient (Wildman–Crippen LogP) is 7.57. The smallest absolute Gasteiger partial charge is 0.407 e. The summed E-state index contributed by atoms with van der Waals surface area (Å²) in [6.45, 7) is 10.7. The van der Waals surface area contributed by atoms with E-state index in [0.717, 1.165) is 34.9 Å². The molecule has 2 amide bonds. The van der Waals surface area contributed by atoms with Gasteiger partial charge < -0.3 is 30.3 Å². The van der Waals surface area contributed by atoms with E-state index >= 15 is 0 Å². The van der Waals surface area contributed by atoms with Crippen molar-refractivity contribution in [2.45, 2.75) is 89.0 Å². The lowest BCUT2D eigenvalue weighted by Gasteiger charge is -2.38. The highest BCUT2D eigenvalue weighted by Gasteiger charge is 2.41. The number of ether oxygens (including phenoxy) is 2. The van der Waals surface area contributed by atoms with Gasteiger partial charge in [-0.05, 0) is 93.5 Å². The van der Waals surface area contributed by atoms with Gasteiger partial charge in [0, 0.05) is 56.2 Å². The molecule has 0 spiro atoms. The van der Waals surface area contributed by atoms with Crippen molar-refractivity contribution in [3.05, 3.63) is 178 Å². The van der Waals surface area contributed by atoms with Crippen LogP contribution >= 0.6 is 0 Å². The van der Waals surface area contributed by atoms with Crippen molar-refractivity contribution in [3.8, 4) is 0 Å².